The molecule has 1 atom stereocenters. The minimum absolute atomic E-state index is 0.133. The summed E-state index contributed by atoms with van der Waals surface area (Å²) in [5.41, 5.74) is 11.0. The second-order valence-corrected chi connectivity index (χ2v) is 4.63. The fraction of sp³-hybridized carbons (Fsp3) is 0.133. The Balaban J connectivity index is 2.06. The van der Waals surface area contributed by atoms with Crippen LogP contribution >= 0.6 is 0 Å². The third-order valence-corrected chi connectivity index (χ3v) is 3.31. The fourth-order valence-corrected chi connectivity index (χ4v) is 2.21. The molecule has 2 aromatic carbocycles. The zero-order valence-electron chi connectivity index (χ0n) is 10.1. The lowest BCUT2D eigenvalue weighted by molar-refractivity contribution is -0.116. The molecule has 90 valence electrons. The third kappa shape index (κ3) is 1.69. The number of hydrogen-bond donors (Lipinski definition) is 2. The van der Waals surface area contributed by atoms with Crippen molar-refractivity contribution in [2.45, 2.75) is 13.0 Å². The van der Waals surface area contributed by atoms with Gasteiger partial charge in [0, 0.05) is 11.3 Å². The minimum Gasteiger partial charge on any atom is -0.324 e. The molecule has 0 spiro atoms. The van der Waals surface area contributed by atoms with Crippen molar-refractivity contribution in [1.29, 1.82) is 0 Å². The Morgan fingerprint density at radius 2 is 1.72 bits per heavy atom. The summed E-state index contributed by atoms with van der Waals surface area (Å²) in [6.45, 7) is 2.06. The maximum atomic E-state index is 11.5. The Hall–Kier alpha value is -2.13. The number of hydrogen-bond acceptors (Lipinski definition) is 2. The van der Waals surface area contributed by atoms with Crippen LogP contribution in [0.15, 0.2) is 42.5 Å². The lowest BCUT2D eigenvalue weighted by Crippen LogP contribution is -2.19. The molecule has 3 nitrogen and oxygen atoms in total. The van der Waals surface area contributed by atoms with E-state index in [0.29, 0.717) is 0 Å². The standard InChI is InChI=1S/C15H14N2O/c1-9-2-4-10(5-3-9)11-6-7-13-12(8-11)14(16)15(18)17-13/h2-8,14H,16H2,1H3,(H,17,18)/t14-/m0/s1. The summed E-state index contributed by atoms with van der Waals surface area (Å²) in [4.78, 5) is 11.5. The zero-order valence-corrected chi connectivity index (χ0v) is 10.1. The summed E-state index contributed by atoms with van der Waals surface area (Å²) in [6.07, 6.45) is 0. The van der Waals surface area contributed by atoms with Gasteiger partial charge in [0.1, 0.15) is 6.04 Å². The van der Waals surface area contributed by atoms with E-state index < -0.39 is 6.04 Å². The zero-order chi connectivity index (χ0) is 12.7. The van der Waals surface area contributed by atoms with Gasteiger partial charge in [-0.1, -0.05) is 35.9 Å². The van der Waals surface area contributed by atoms with E-state index in [0.717, 1.165) is 22.4 Å². The van der Waals surface area contributed by atoms with Crippen LogP contribution in [0.5, 0.6) is 0 Å². The van der Waals surface area contributed by atoms with E-state index in [1.807, 2.05) is 18.2 Å². The van der Waals surface area contributed by atoms with Crippen molar-refractivity contribution in [3.05, 3.63) is 53.6 Å². The fourth-order valence-electron chi connectivity index (χ4n) is 2.21. The number of carbonyl (C=O) groups excluding carboxylic acids is 1. The van der Waals surface area contributed by atoms with Crippen molar-refractivity contribution in [1.82, 2.24) is 0 Å². The van der Waals surface area contributed by atoms with Gasteiger partial charge in [-0.15, -0.1) is 0 Å². The lowest BCUT2D eigenvalue weighted by atomic mass is 9.99. The van der Waals surface area contributed by atoms with E-state index in [4.69, 9.17) is 5.73 Å². The van der Waals surface area contributed by atoms with Crippen LogP contribution in [0.2, 0.25) is 0 Å². The molecule has 1 heterocycles. The van der Waals surface area contributed by atoms with Crippen LogP contribution < -0.4 is 11.1 Å². The molecule has 1 aliphatic heterocycles. The second-order valence-electron chi connectivity index (χ2n) is 4.63. The van der Waals surface area contributed by atoms with E-state index in [-0.39, 0.29) is 5.91 Å². The molecule has 0 saturated heterocycles. The first-order valence-corrected chi connectivity index (χ1v) is 5.92. The largest absolute Gasteiger partial charge is 0.324 e. The summed E-state index contributed by atoms with van der Waals surface area (Å²) >= 11 is 0. The number of aryl methyl sites for hydroxylation is 1. The van der Waals surface area contributed by atoms with Crippen LogP contribution in [0, 0.1) is 6.92 Å². The topological polar surface area (TPSA) is 55.1 Å². The van der Waals surface area contributed by atoms with Crippen LogP contribution in [-0.2, 0) is 4.79 Å². The summed E-state index contributed by atoms with van der Waals surface area (Å²) < 4.78 is 0. The highest BCUT2D eigenvalue weighted by Crippen LogP contribution is 2.33. The Bertz CT molecular complexity index is 617. The molecule has 3 N–H and O–H groups in total. The van der Waals surface area contributed by atoms with Crippen LogP contribution in [0.4, 0.5) is 5.69 Å². The molecule has 0 saturated carbocycles. The Labute approximate surface area is 106 Å². The summed E-state index contributed by atoms with van der Waals surface area (Å²) in [7, 11) is 0. The molecule has 1 amide bonds. The maximum Gasteiger partial charge on any atom is 0.245 e. The summed E-state index contributed by atoms with van der Waals surface area (Å²) in [5.74, 6) is -0.133. The predicted octanol–water partition coefficient (Wildman–Crippen LogP) is 2.61. The maximum absolute atomic E-state index is 11.5. The van der Waals surface area contributed by atoms with E-state index in [1.54, 1.807) is 0 Å². The molecule has 0 aliphatic carbocycles. The third-order valence-electron chi connectivity index (χ3n) is 3.31. The first kappa shape index (κ1) is 11.0. The van der Waals surface area contributed by atoms with Crippen LogP contribution in [0.3, 0.4) is 0 Å². The number of fused-ring (bicyclic) bond motifs is 1. The molecule has 0 aromatic heterocycles. The monoisotopic (exact) mass is 238 g/mol. The smallest absolute Gasteiger partial charge is 0.245 e. The molecule has 1 aliphatic rings. The van der Waals surface area contributed by atoms with Crippen LogP contribution in [0.25, 0.3) is 11.1 Å². The van der Waals surface area contributed by atoms with Gasteiger partial charge in [-0.25, -0.2) is 0 Å². The minimum atomic E-state index is -0.551. The first-order valence-electron chi connectivity index (χ1n) is 5.92. The molecule has 3 heteroatoms. The van der Waals surface area contributed by atoms with Gasteiger partial charge in [0.15, 0.2) is 0 Å². The Morgan fingerprint density at radius 1 is 1.06 bits per heavy atom. The molecular weight excluding hydrogens is 224 g/mol. The predicted molar refractivity (Wildman–Crippen MR) is 72.2 cm³/mol. The Kier molecular flexibility index (Phi) is 2.42. The molecule has 3 rings (SSSR count). The number of benzene rings is 2. The van der Waals surface area contributed by atoms with Crippen LogP contribution in [-0.4, -0.2) is 5.91 Å². The van der Waals surface area contributed by atoms with Gasteiger partial charge in [-0.05, 0) is 30.2 Å². The van der Waals surface area contributed by atoms with E-state index in [1.165, 1.54) is 5.56 Å². The molecule has 0 radical (unpaired) electrons. The number of rotatable bonds is 1. The summed E-state index contributed by atoms with van der Waals surface area (Å²) in [6, 6.07) is 13.7. The van der Waals surface area contributed by atoms with Gasteiger partial charge in [0.2, 0.25) is 5.91 Å². The van der Waals surface area contributed by atoms with Crippen molar-refractivity contribution in [2.75, 3.05) is 5.32 Å². The number of nitrogens with two attached hydrogens (primary N) is 1. The van der Waals surface area contributed by atoms with Crippen molar-refractivity contribution in [2.24, 2.45) is 5.73 Å². The number of anilines is 1. The normalized spacial score (nSPS) is 17.4. The molecule has 2 aromatic rings. The highest BCUT2D eigenvalue weighted by molar-refractivity contribution is 6.02. The van der Waals surface area contributed by atoms with Crippen LogP contribution in [0.1, 0.15) is 17.2 Å². The first-order chi connectivity index (χ1) is 8.65. The SMILES string of the molecule is Cc1ccc(-c2ccc3c(c2)[C@H](N)C(=O)N3)cc1. The van der Waals surface area contributed by atoms with E-state index in [9.17, 15) is 4.79 Å². The van der Waals surface area contributed by atoms with Crippen molar-refractivity contribution >= 4 is 11.6 Å². The molecular formula is C15H14N2O. The van der Waals surface area contributed by atoms with Crippen molar-refractivity contribution < 1.29 is 4.79 Å². The Morgan fingerprint density at radius 3 is 2.44 bits per heavy atom. The van der Waals surface area contributed by atoms with Gasteiger partial charge >= 0.3 is 0 Å². The lowest BCUT2D eigenvalue weighted by Gasteiger charge is -2.06. The number of amides is 1. The average molecular weight is 238 g/mol. The summed E-state index contributed by atoms with van der Waals surface area (Å²) in [5, 5.41) is 2.77. The van der Waals surface area contributed by atoms with E-state index >= 15 is 0 Å². The highest BCUT2D eigenvalue weighted by Gasteiger charge is 2.27. The van der Waals surface area contributed by atoms with Crippen molar-refractivity contribution in [3.63, 3.8) is 0 Å². The quantitative estimate of drug-likeness (QED) is 0.802. The van der Waals surface area contributed by atoms with Gasteiger partial charge in [0.05, 0.1) is 0 Å². The van der Waals surface area contributed by atoms with Gasteiger partial charge in [-0.2, -0.15) is 0 Å². The van der Waals surface area contributed by atoms with E-state index in [2.05, 4.69) is 36.5 Å². The number of nitrogens with one attached hydrogen (secondary N) is 1. The molecule has 0 fully saturated rings. The molecule has 18 heavy (non-hydrogen) atoms. The van der Waals surface area contributed by atoms with Gasteiger partial charge in [0.25, 0.3) is 0 Å². The number of carbonyl (C=O) groups is 1. The molecule has 0 unspecified atom stereocenters. The average Bonchev–Trinajstić information content (AvgIpc) is 2.66. The van der Waals surface area contributed by atoms with Gasteiger partial charge < -0.3 is 11.1 Å². The van der Waals surface area contributed by atoms with Gasteiger partial charge in [-0.3, -0.25) is 4.79 Å². The highest BCUT2D eigenvalue weighted by atomic mass is 16.2. The van der Waals surface area contributed by atoms with Crippen molar-refractivity contribution in [3.8, 4) is 11.1 Å². The molecule has 0 bridgehead atoms. The second kappa shape index (κ2) is 3.96.